The molecule has 0 saturated carbocycles. The molecule has 2 aromatic carbocycles. The van der Waals surface area contributed by atoms with Gasteiger partial charge in [-0.1, -0.05) is 54.1 Å². The fourth-order valence-corrected chi connectivity index (χ4v) is 6.57. The summed E-state index contributed by atoms with van der Waals surface area (Å²) in [5.41, 5.74) is 3.16. The summed E-state index contributed by atoms with van der Waals surface area (Å²) >= 11 is 1.33. The van der Waals surface area contributed by atoms with E-state index in [1.165, 1.54) is 11.8 Å². The maximum absolute atomic E-state index is 13.0. The molecule has 0 aliphatic carbocycles. The number of amides is 1. The number of para-hydroxylation sites is 1. The van der Waals surface area contributed by atoms with Crippen molar-refractivity contribution in [3.8, 4) is 0 Å². The minimum atomic E-state index is -1.20. The number of fused-ring (bicyclic) bond motifs is 3. The van der Waals surface area contributed by atoms with Gasteiger partial charge in [-0.2, -0.15) is 0 Å². The van der Waals surface area contributed by atoms with Crippen molar-refractivity contribution in [2.24, 2.45) is 0 Å². The number of piperidine rings is 1. The molecular formula is C22H19N3O3S. The summed E-state index contributed by atoms with van der Waals surface area (Å²) < 4.78 is -0.944. The summed E-state index contributed by atoms with van der Waals surface area (Å²) in [4.78, 5) is 28.7. The Morgan fingerprint density at radius 3 is 2.55 bits per heavy atom. The Hall–Kier alpha value is -2.93. The molecule has 1 aromatic heterocycles. The zero-order valence-corrected chi connectivity index (χ0v) is 16.8. The van der Waals surface area contributed by atoms with E-state index < -0.39 is 21.6 Å². The van der Waals surface area contributed by atoms with E-state index in [0.29, 0.717) is 5.69 Å². The summed E-state index contributed by atoms with van der Waals surface area (Å²) in [6.07, 6.45) is 0. The van der Waals surface area contributed by atoms with Gasteiger partial charge in [-0.3, -0.25) is 14.9 Å². The number of pyridine rings is 1. The molecule has 5 rings (SSSR count). The van der Waals surface area contributed by atoms with E-state index >= 15 is 0 Å². The van der Waals surface area contributed by atoms with Crippen LogP contribution in [0.1, 0.15) is 29.7 Å². The number of nitrogens with zero attached hydrogens (tertiary/aromatic N) is 2. The van der Waals surface area contributed by atoms with Crippen molar-refractivity contribution < 1.29 is 9.72 Å². The molecule has 2 aliphatic rings. The van der Waals surface area contributed by atoms with Gasteiger partial charge in [0.05, 0.1) is 17.1 Å². The highest BCUT2D eigenvalue weighted by molar-refractivity contribution is 8.03. The molecule has 0 radical (unpaired) electrons. The van der Waals surface area contributed by atoms with Crippen LogP contribution in [0.15, 0.2) is 60.7 Å². The van der Waals surface area contributed by atoms with E-state index in [0.717, 1.165) is 22.0 Å². The van der Waals surface area contributed by atoms with Gasteiger partial charge in [0, 0.05) is 10.3 Å². The van der Waals surface area contributed by atoms with E-state index in [1.807, 2.05) is 68.4 Å². The number of hydrogen-bond donors (Lipinski definition) is 1. The lowest BCUT2D eigenvalue weighted by molar-refractivity contribution is -0.535. The van der Waals surface area contributed by atoms with Crippen LogP contribution in [0, 0.1) is 17.0 Å². The summed E-state index contributed by atoms with van der Waals surface area (Å²) in [5, 5.41) is 16.3. The first-order valence-electron chi connectivity index (χ1n) is 9.44. The van der Waals surface area contributed by atoms with Gasteiger partial charge in [0.2, 0.25) is 5.91 Å². The van der Waals surface area contributed by atoms with E-state index in [4.69, 9.17) is 4.98 Å². The maximum Gasteiger partial charge on any atom is 0.259 e. The first-order chi connectivity index (χ1) is 13.8. The van der Waals surface area contributed by atoms with E-state index in [1.54, 1.807) is 6.07 Å². The molecular weight excluding hydrogens is 386 g/mol. The largest absolute Gasteiger partial charge is 0.329 e. The molecule has 2 saturated heterocycles. The first-order valence-corrected chi connectivity index (χ1v) is 10.3. The fourth-order valence-electron chi connectivity index (χ4n) is 4.66. The Labute approximate surface area is 171 Å². The molecule has 0 spiro atoms. The number of thioether (sulfide) groups is 1. The number of aromatic nitrogens is 1. The van der Waals surface area contributed by atoms with Crippen LogP contribution < -0.4 is 5.32 Å². The number of nitrogens with one attached hydrogen (secondary N) is 1. The van der Waals surface area contributed by atoms with Crippen molar-refractivity contribution in [3.63, 3.8) is 0 Å². The quantitative estimate of drug-likeness (QED) is 0.530. The number of benzene rings is 2. The molecule has 6 nitrogen and oxygen atoms in total. The SMILES string of the molecule is Cc1ccc(C2C([N+](=O)[O-])C3(c4ccc5ccccc5n4)NC(=O)C2(C)S3)cc1. The lowest BCUT2D eigenvalue weighted by Gasteiger charge is -2.34. The van der Waals surface area contributed by atoms with Gasteiger partial charge >= 0.3 is 0 Å². The normalized spacial score (nSPS) is 30.5. The lowest BCUT2D eigenvalue weighted by Crippen LogP contribution is -2.59. The molecule has 7 heteroatoms. The molecule has 146 valence electrons. The third-order valence-electron chi connectivity index (χ3n) is 6.09. The molecule has 2 aliphatic heterocycles. The van der Waals surface area contributed by atoms with Gasteiger partial charge in [-0.05, 0) is 31.5 Å². The van der Waals surface area contributed by atoms with Crippen LogP contribution in [-0.2, 0) is 9.67 Å². The van der Waals surface area contributed by atoms with Crippen LogP contribution >= 0.6 is 11.8 Å². The average Bonchev–Trinajstić information content (AvgIpc) is 3.14. The van der Waals surface area contributed by atoms with E-state index in [-0.39, 0.29) is 10.8 Å². The van der Waals surface area contributed by atoms with Crippen molar-refractivity contribution in [2.75, 3.05) is 0 Å². The van der Waals surface area contributed by atoms with Crippen molar-refractivity contribution in [1.82, 2.24) is 10.3 Å². The standard InChI is InChI=1S/C22H19N3O3S/c1-13-7-9-15(10-8-13)18-19(25(27)28)22(24-20(26)21(18,2)29-22)17-12-11-14-5-3-4-6-16(14)23-17/h3-12,18-19H,1-2H3,(H,24,26). The highest BCUT2D eigenvalue weighted by atomic mass is 32.2. The molecule has 4 atom stereocenters. The Bertz CT molecular complexity index is 1170. The third kappa shape index (κ3) is 2.43. The van der Waals surface area contributed by atoms with Crippen LogP contribution in [0.25, 0.3) is 10.9 Å². The van der Waals surface area contributed by atoms with Crippen LogP contribution in [0.4, 0.5) is 0 Å². The molecule has 2 bridgehead atoms. The van der Waals surface area contributed by atoms with Gasteiger partial charge in [0.25, 0.3) is 6.04 Å². The van der Waals surface area contributed by atoms with Crippen molar-refractivity contribution in [1.29, 1.82) is 0 Å². The zero-order chi connectivity index (χ0) is 20.4. The van der Waals surface area contributed by atoms with Crippen LogP contribution in [0.3, 0.4) is 0 Å². The van der Waals surface area contributed by atoms with Gasteiger partial charge in [0.15, 0.2) is 4.87 Å². The number of carbonyl (C=O) groups is 1. The predicted molar refractivity (Wildman–Crippen MR) is 112 cm³/mol. The third-order valence-corrected chi connectivity index (χ3v) is 7.83. The molecule has 29 heavy (non-hydrogen) atoms. The minimum Gasteiger partial charge on any atom is -0.329 e. The van der Waals surface area contributed by atoms with Crippen molar-refractivity contribution in [2.45, 2.75) is 35.4 Å². The summed E-state index contributed by atoms with van der Waals surface area (Å²) in [7, 11) is 0. The zero-order valence-electron chi connectivity index (χ0n) is 16.0. The Balaban J connectivity index is 1.72. The smallest absolute Gasteiger partial charge is 0.259 e. The monoisotopic (exact) mass is 405 g/mol. The summed E-state index contributed by atoms with van der Waals surface area (Å²) in [6, 6.07) is 18.0. The topological polar surface area (TPSA) is 85.1 Å². The van der Waals surface area contributed by atoms with Crippen LogP contribution in [0.5, 0.6) is 0 Å². The van der Waals surface area contributed by atoms with Crippen LogP contribution in [-0.4, -0.2) is 26.6 Å². The molecule has 1 N–H and O–H groups in total. The molecule has 1 amide bonds. The lowest BCUT2D eigenvalue weighted by atomic mass is 9.74. The fraction of sp³-hybridized carbons (Fsp3) is 0.273. The maximum atomic E-state index is 13.0. The first kappa shape index (κ1) is 18.1. The Morgan fingerprint density at radius 1 is 1.10 bits per heavy atom. The van der Waals surface area contributed by atoms with E-state index in [9.17, 15) is 14.9 Å². The molecule has 3 heterocycles. The van der Waals surface area contributed by atoms with Crippen molar-refractivity contribution >= 4 is 28.6 Å². The number of hydrogen-bond acceptors (Lipinski definition) is 5. The highest BCUT2D eigenvalue weighted by Gasteiger charge is 2.76. The Morgan fingerprint density at radius 2 is 1.83 bits per heavy atom. The minimum absolute atomic E-state index is 0.180. The summed E-state index contributed by atoms with van der Waals surface area (Å²) in [5.74, 6) is -0.730. The van der Waals surface area contributed by atoms with Crippen molar-refractivity contribution in [3.05, 3.63) is 87.6 Å². The molecule has 3 aromatic rings. The van der Waals surface area contributed by atoms with Gasteiger partial charge in [-0.15, -0.1) is 11.8 Å². The molecule has 4 unspecified atom stereocenters. The Kier molecular flexibility index (Phi) is 3.77. The van der Waals surface area contributed by atoms with Gasteiger partial charge in [0.1, 0.15) is 4.75 Å². The summed E-state index contributed by atoms with van der Waals surface area (Å²) in [6.45, 7) is 3.78. The van der Waals surface area contributed by atoms with E-state index in [2.05, 4.69) is 5.32 Å². The van der Waals surface area contributed by atoms with Gasteiger partial charge in [-0.25, -0.2) is 4.98 Å². The average molecular weight is 405 g/mol. The number of rotatable bonds is 3. The van der Waals surface area contributed by atoms with Gasteiger partial charge < -0.3 is 5.32 Å². The second-order valence-corrected chi connectivity index (χ2v) is 9.60. The number of carbonyl (C=O) groups excluding carboxylic acids is 1. The second kappa shape index (κ2) is 6.03. The second-order valence-electron chi connectivity index (χ2n) is 7.91. The number of nitro groups is 1. The van der Waals surface area contributed by atoms with Crippen LogP contribution in [0.2, 0.25) is 0 Å². The highest BCUT2D eigenvalue weighted by Crippen LogP contribution is 2.65. The molecule has 2 fully saturated rings. The number of aryl methyl sites for hydroxylation is 1. The predicted octanol–water partition coefficient (Wildman–Crippen LogP) is 3.76.